The predicted octanol–water partition coefficient (Wildman–Crippen LogP) is 3.97. The van der Waals surface area contributed by atoms with Gasteiger partial charge in [0, 0.05) is 24.2 Å². The van der Waals surface area contributed by atoms with E-state index in [1.165, 1.54) is 0 Å². The van der Waals surface area contributed by atoms with Crippen LogP contribution in [0.5, 0.6) is 0 Å². The van der Waals surface area contributed by atoms with Gasteiger partial charge in [-0.15, -0.1) is 11.6 Å². The van der Waals surface area contributed by atoms with Gasteiger partial charge in [-0.3, -0.25) is 9.59 Å². The van der Waals surface area contributed by atoms with Crippen molar-refractivity contribution in [2.75, 3.05) is 11.4 Å². The number of carbonyl (C=O) groups is 2. The van der Waals surface area contributed by atoms with E-state index in [-0.39, 0.29) is 11.7 Å². The Bertz CT molecular complexity index is 542. The lowest BCUT2D eigenvalue weighted by Crippen LogP contribution is -2.28. The summed E-state index contributed by atoms with van der Waals surface area (Å²) in [5, 5.41) is -0.466. The first kappa shape index (κ1) is 16.0. The van der Waals surface area contributed by atoms with Gasteiger partial charge in [-0.1, -0.05) is 20.3 Å². The van der Waals surface area contributed by atoms with Crippen LogP contribution in [0.3, 0.4) is 0 Å². The van der Waals surface area contributed by atoms with E-state index in [0.717, 1.165) is 30.5 Å². The van der Waals surface area contributed by atoms with E-state index in [2.05, 4.69) is 6.92 Å². The Balaban J connectivity index is 2.16. The molecule has 0 spiro atoms. The van der Waals surface area contributed by atoms with E-state index in [9.17, 15) is 9.59 Å². The number of hydrogen-bond donors (Lipinski definition) is 0. The van der Waals surface area contributed by atoms with E-state index < -0.39 is 5.38 Å². The lowest BCUT2D eigenvalue weighted by molar-refractivity contribution is -0.118. The second-order valence-electron chi connectivity index (χ2n) is 5.48. The van der Waals surface area contributed by atoms with Crippen molar-refractivity contribution in [2.45, 2.75) is 51.3 Å². The van der Waals surface area contributed by atoms with Gasteiger partial charge < -0.3 is 4.90 Å². The number of rotatable bonds is 6. The number of unbranched alkanes of at least 4 members (excludes halogenated alkanes) is 1. The van der Waals surface area contributed by atoms with Crippen LogP contribution in [-0.2, 0) is 11.2 Å². The van der Waals surface area contributed by atoms with E-state index in [1.54, 1.807) is 6.07 Å². The molecule has 0 aliphatic carbocycles. The number of carbonyl (C=O) groups excluding carboxylic acids is 2. The highest BCUT2D eigenvalue weighted by Gasteiger charge is 2.25. The Hall–Kier alpha value is -1.35. The van der Waals surface area contributed by atoms with Gasteiger partial charge in [-0.05, 0) is 43.0 Å². The molecule has 0 aromatic heterocycles. The number of hydrogen-bond acceptors (Lipinski definition) is 2. The largest absolute Gasteiger partial charge is 0.312 e. The van der Waals surface area contributed by atoms with Gasteiger partial charge in [0.05, 0.1) is 5.38 Å². The number of halogens is 1. The molecule has 1 amide bonds. The molecule has 21 heavy (non-hydrogen) atoms. The molecular weight excluding hydrogens is 286 g/mol. The minimum absolute atomic E-state index is 0.0299. The van der Waals surface area contributed by atoms with Crippen LogP contribution < -0.4 is 4.90 Å². The normalized spacial score (nSPS) is 14.9. The first-order chi connectivity index (χ1) is 10.1. The van der Waals surface area contributed by atoms with Gasteiger partial charge in [0.25, 0.3) is 0 Å². The molecule has 114 valence electrons. The van der Waals surface area contributed by atoms with Crippen molar-refractivity contribution in [1.29, 1.82) is 0 Å². The Labute approximate surface area is 131 Å². The van der Waals surface area contributed by atoms with Crippen LogP contribution in [0.1, 0.15) is 55.5 Å². The van der Waals surface area contributed by atoms with E-state index in [0.29, 0.717) is 24.9 Å². The summed E-state index contributed by atoms with van der Waals surface area (Å²) in [5.74, 6) is 0.149. The zero-order valence-corrected chi connectivity index (χ0v) is 13.4. The molecule has 0 N–H and O–H groups in total. The first-order valence-electron chi connectivity index (χ1n) is 7.70. The quantitative estimate of drug-likeness (QED) is 0.589. The number of alkyl halides is 1. The van der Waals surface area contributed by atoms with Crippen molar-refractivity contribution in [1.82, 2.24) is 0 Å². The molecule has 0 bridgehead atoms. The van der Waals surface area contributed by atoms with Crippen LogP contribution in [0, 0.1) is 0 Å². The van der Waals surface area contributed by atoms with Gasteiger partial charge in [-0.2, -0.15) is 0 Å². The Kier molecular flexibility index (Phi) is 5.40. The molecule has 1 aliphatic rings. The maximum absolute atomic E-state index is 12.2. The average Bonchev–Trinajstić information content (AvgIpc) is 2.94. The van der Waals surface area contributed by atoms with Crippen molar-refractivity contribution in [2.24, 2.45) is 0 Å². The van der Waals surface area contributed by atoms with Crippen molar-refractivity contribution >= 4 is 29.0 Å². The van der Waals surface area contributed by atoms with Crippen molar-refractivity contribution in [3.63, 3.8) is 0 Å². The SMILES string of the molecule is CCCCC(=O)N1CCc2cc(C(=O)C(Cl)CC)ccc21. The monoisotopic (exact) mass is 307 g/mol. The summed E-state index contributed by atoms with van der Waals surface area (Å²) >= 11 is 6.02. The summed E-state index contributed by atoms with van der Waals surface area (Å²) in [7, 11) is 0. The number of ketones is 1. The van der Waals surface area contributed by atoms with Crippen LogP contribution in [-0.4, -0.2) is 23.6 Å². The van der Waals surface area contributed by atoms with E-state index in [1.807, 2.05) is 24.0 Å². The molecule has 0 radical (unpaired) electrons. The summed E-state index contributed by atoms with van der Waals surface area (Å²) in [6.07, 6.45) is 3.97. The first-order valence-corrected chi connectivity index (χ1v) is 8.13. The van der Waals surface area contributed by atoms with Crippen LogP contribution in [0.25, 0.3) is 0 Å². The summed E-state index contributed by atoms with van der Waals surface area (Å²) < 4.78 is 0. The predicted molar refractivity (Wildman–Crippen MR) is 86.3 cm³/mol. The molecule has 0 saturated carbocycles. The second-order valence-corrected chi connectivity index (χ2v) is 6.01. The second kappa shape index (κ2) is 7.08. The van der Waals surface area contributed by atoms with E-state index >= 15 is 0 Å². The van der Waals surface area contributed by atoms with Gasteiger partial charge in [0.15, 0.2) is 5.78 Å². The third-order valence-electron chi connectivity index (χ3n) is 3.95. The average molecular weight is 308 g/mol. The molecule has 0 fully saturated rings. The lowest BCUT2D eigenvalue weighted by atomic mass is 10.0. The number of Topliss-reactive ketones (excluding diaryl/α,β-unsaturated/α-hetero) is 1. The molecule has 1 aromatic carbocycles. The third-order valence-corrected chi connectivity index (χ3v) is 4.45. The van der Waals surface area contributed by atoms with Crippen molar-refractivity contribution in [3.8, 4) is 0 Å². The standard InChI is InChI=1S/C17H22ClNO2/c1-3-5-6-16(20)19-10-9-12-11-13(7-8-15(12)19)17(21)14(18)4-2/h7-8,11,14H,3-6,9-10H2,1-2H3. The molecule has 1 aliphatic heterocycles. The molecule has 0 saturated heterocycles. The van der Waals surface area contributed by atoms with E-state index in [4.69, 9.17) is 11.6 Å². The zero-order valence-electron chi connectivity index (χ0n) is 12.7. The molecule has 1 atom stereocenters. The van der Waals surface area contributed by atoms with Gasteiger partial charge in [0.2, 0.25) is 5.91 Å². The summed E-state index contributed by atoms with van der Waals surface area (Å²) in [6, 6.07) is 5.58. The van der Waals surface area contributed by atoms with Crippen LogP contribution in [0.15, 0.2) is 18.2 Å². The van der Waals surface area contributed by atoms with Gasteiger partial charge >= 0.3 is 0 Å². The minimum atomic E-state index is -0.466. The highest BCUT2D eigenvalue weighted by Crippen LogP contribution is 2.30. The fourth-order valence-corrected chi connectivity index (χ4v) is 2.77. The molecule has 1 heterocycles. The maximum atomic E-state index is 12.2. The third kappa shape index (κ3) is 3.46. The highest BCUT2D eigenvalue weighted by atomic mass is 35.5. The van der Waals surface area contributed by atoms with Crippen LogP contribution in [0.4, 0.5) is 5.69 Å². The summed E-state index contributed by atoms with van der Waals surface area (Å²) in [6.45, 7) is 4.70. The number of amides is 1. The Morgan fingerprint density at radius 2 is 2.10 bits per heavy atom. The number of anilines is 1. The van der Waals surface area contributed by atoms with Crippen molar-refractivity contribution < 1.29 is 9.59 Å². The van der Waals surface area contributed by atoms with Gasteiger partial charge in [0.1, 0.15) is 0 Å². The summed E-state index contributed by atoms with van der Waals surface area (Å²) in [4.78, 5) is 26.1. The molecular formula is C17H22ClNO2. The number of nitrogens with zero attached hydrogens (tertiary/aromatic N) is 1. The minimum Gasteiger partial charge on any atom is -0.312 e. The van der Waals surface area contributed by atoms with Crippen LogP contribution >= 0.6 is 11.6 Å². The summed E-state index contributed by atoms with van der Waals surface area (Å²) in [5.41, 5.74) is 2.68. The fraction of sp³-hybridized carbons (Fsp3) is 0.529. The number of benzene rings is 1. The maximum Gasteiger partial charge on any atom is 0.226 e. The lowest BCUT2D eigenvalue weighted by Gasteiger charge is -2.17. The smallest absolute Gasteiger partial charge is 0.226 e. The topological polar surface area (TPSA) is 37.4 Å². The Morgan fingerprint density at radius 3 is 2.76 bits per heavy atom. The Morgan fingerprint density at radius 1 is 1.33 bits per heavy atom. The highest BCUT2D eigenvalue weighted by molar-refractivity contribution is 6.33. The molecule has 1 aromatic rings. The van der Waals surface area contributed by atoms with Crippen LogP contribution in [0.2, 0.25) is 0 Å². The van der Waals surface area contributed by atoms with Crippen molar-refractivity contribution in [3.05, 3.63) is 29.3 Å². The molecule has 2 rings (SSSR count). The molecule has 1 unspecified atom stereocenters. The zero-order chi connectivity index (χ0) is 15.4. The molecule has 3 nitrogen and oxygen atoms in total. The molecule has 4 heteroatoms. The fourth-order valence-electron chi connectivity index (χ4n) is 2.64. The van der Waals surface area contributed by atoms with Gasteiger partial charge in [-0.25, -0.2) is 0 Å². The number of fused-ring (bicyclic) bond motifs is 1.